The summed E-state index contributed by atoms with van der Waals surface area (Å²) < 4.78 is 0. The van der Waals surface area contributed by atoms with Gasteiger partial charge >= 0.3 is 0 Å². The first-order chi connectivity index (χ1) is 7.21. The van der Waals surface area contributed by atoms with Gasteiger partial charge in [0, 0.05) is 24.7 Å². The summed E-state index contributed by atoms with van der Waals surface area (Å²) in [7, 11) is 0. The molecule has 0 aromatic carbocycles. The Morgan fingerprint density at radius 3 is 2.67 bits per heavy atom. The van der Waals surface area contributed by atoms with Crippen LogP contribution in [0.2, 0.25) is 0 Å². The van der Waals surface area contributed by atoms with E-state index in [1.807, 2.05) is 0 Å². The van der Waals surface area contributed by atoms with Crippen molar-refractivity contribution < 1.29 is 0 Å². The normalized spacial score (nSPS) is 33.3. The number of hydrogen-bond acceptors (Lipinski definition) is 2. The summed E-state index contributed by atoms with van der Waals surface area (Å²) in [6, 6.07) is 2.61. The van der Waals surface area contributed by atoms with Crippen LogP contribution in [0, 0.1) is 22.7 Å². The Morgan fingerprint density at radius 2 is 2.13 bits per heavy atom. The fraction of sp³-hybridized carbons (Fsp3) is 0.769. The van der Waals surface area contributed by atoms with Crippen molar-refractivity contribution in [1.29, 1.82) is 5.26 Å². The Hall–Kier alpha value is -0.970. The lowest BCUT2D eigenvalue weighted by Crippen LogP contribution is -2.46. The molecule has 0 aliphatic heterocycles. The third-order valence-electron chi connectivity index (χ3n) is 4.26. The van der Waals surface area contributed by atoms with E-state index in [4.69, 9.17) is 0 Å². The van der Waals surface area contributed by atoms with E-state index in [1.54, 1.807) is 0 Å². The first-order valence-electron chi connectivity index (χ1n) is 6.08. The minimum absolute atomic E-state index is 0.101. The summed E-state index contributed by atoms with van der Waals surface area (Å²) in [5.41, 5.74) is 2.74. The van der Waals surface area contributed by atoms with E-state index in [0.29, 0.717) is 5.92 Å². The second-order valence-electron chi connectivity index (χ2n) is 4.73. The summed E-state index contributed by atoms with van der Waals surface area (Å²) in [5, 5.41) is 9.46. The molecule has 0 spiro atoms. The van der Waals surface area contributed by atoms with Crippen LogP contribution < -0.4 is 0 Å². The van der Waals surface area contributed by atoms with Crippen molar-refractivity contribution in [3.63, 3.8) is 0 Å². The van der Waals surface area contributed by atoms with Crippen LogP contribution in [0.4, 0.5) is 0 Å². The topological polar surface area (TPSA) is 27.0 Å². The lowest BCUT2D eigenvalue weighted by Gasteiger charge is -2.48. The molecule has 0 N–H and O–H groups in total. The Kier molecular flexibility index (Phi) is 2.50. The molecule has 2 nitrogen and oxygen atoms in total. The smallest absolute Gasteiger partial charge is 0.103 e. The van der Waals surface area contributed by atoms with Gasteiger partial charge in [-0.2, -0.15) is 5.26 Å². The number of hydrogen-bond donors (Lipinski definition) is 0. The van der Waals surface area contributed by atoms with Crippen LogP contribution >= 0.6 is 0 Å². The average molecular weight is 204 g/mol. The molecule has 0 aromatic heterocycles. The third kappa shape index (κ3) is 1.16. The van der Waals surface area contributed by atoms with Crippen molar-refractivity contribution in [2.75, 3.05) is 13.1 Å². The maximum absolute atomic E-state index is 9.46. The van der Waals surface area contributed by atoms with Gasteiger partial charge in [0.1, 0.15) is 5.41 Å². The van der Waals surface area contributed by atoms with Crippen LogP contribution in [-0.2, 0) is 0 Å². The predicted octanol–water partition coefficient (Wildman–Crippen LogP) is 2.93. The summed E-state index contributed by atoms with van der Waals surface area (Å²) in [5.74, 6) is 0.568. The zero-order chi connectivity index (χ0) is 11.1. The highest BCUT2D eigenvalue weighted by molar-refractivity contribution is 5.44. The molecule has 15 heavy (non-hydrogen) atoms. The zero-order valence-electron chi connectivity index (χ0n) is 10.0. The Morgan fingerprint density at radius 1 is 1.47 bits per heavy atom. The highest BCUT2D eigenvalue weighted by Gasteiger charge is 2.56. The second kappa shape index (κ2) is 3.56. The summed E-state index contributed by atoms with van der Waals surface area (Å²) in [6.45, 7) is 8.63. The van der Waals surface area contributed by atoms with Gasteiger partial charge in [-0.15, -0.1) is 0 Å². The summed E-state index contributed by atoms with van der Waals surface area (Å²) in [6.07, 6.45) is 3.53. The first-order valence-corrected chi connectivity index (χ1v) is 6.08. The van der Waals surface area contributed by atoms with Crippen molar-refractivity contribution in [3.05, 3.63) is 11.3 Å². The van der Waals surface area contributed by atoms with Gasteiger partial charge < -0.3 is 4.90 Å². The molecule has 0 unspecified atom stereocenters. The summed E-state index contributed by atoms with van der Waals surface area (Å²) >= 11 is 0. The standard InChI is InChI=1S/C13H20N2/c1-4-15(5-2)12-10(3)11-7-6-8-13(11,12)9-14/h11H,4-8H2,1-3H3/t11-,13+/m1/s1. The van der Waals surface area contributed by atoms with Crippen molar-refractivity contribution in [2.45, 2.75) is 40.0 Å². The highest BCUT2D eigenvalue weighted by atomic mass is 15.2. The van der Waals surface area contributed by atoms with Gasteiger partial charge in [-0.25, -0.2) is 0 Å². The van der Waals surface area contributed by atoms with Gasteiger partial charge in [0.25, 0.3) is 0 Å². The van der Waals surface area contributed by atoms with Crippen LogP contribution in [0.5, 0.6) is 0 Å². The van der Waals surface area contributed by atoms with Crippen molar-refractivity contribution in [1.82, 2.24) is 4.90 Å². The van der Waals surface area contributed by atoms with E-state index < -0.39 is 0 Å². The van der Waals surface area contributed by atoms with E-state index in [9.17, 15) is 5.26 Å². The number of nitriles is 1. The minimum Gasteiger partial charge on any atom is -0.374 e. The van der Waals surface area contributed by atoms with Crippen molar-refractivity contribution in [3.8, 4) is 6.07 Å². The average Bonchev–Trinajstić information content (AvgIpc) is 2.64. The predicted molar refractivity (Wildman–Crippen MR) is 61.0 cm³/mol. The minimum atomic E-state index is -0.101. The monoisotopic (exact) mass is 204 g/mol. The van der Waals surface area contributed by atoms with Crippen molar-refractivity contribution >= 4 is 0 Å². The molecule has 2 atom stereocenters. The van der Waals surface area contributed by atoms with Gasteiger partial charge in [-0.1, -0.05) is 6.42 Å². The lowest BCUT2D eigenvalue weighted by molar-refractivity contribution is 0.200. The Labute approximate surface area is 92.6 Å². The SMILES string of the molecule is CCN(CC)C1=C(C)[C@H]2CCC[C@@]12C#N. The zero-order valence-corrected chi connectivity index (χ0v) is 10.0. The fourth-order valence-electron chi connectivity index (χ4n) is 3.57. The van der Waals surface area contributed by atoms with E-state index in [-0.39, 0.29) is 5.41 Å². The van der Waals surface area contributed by atoms with Crippen LogP contribution in [0.3, 0.4) is 0 Å². The molecule has 0 radical (unpaired) electrons. The molecule has 2 rings (SSSR count). The van der Waals surface area contributed by atoms with Crippen LogP contribution in [-0.4, -0.2) is 18.0 Å². The number of nitrogens with zero attached hydrogens (tertiary/aromatic N) is 2. The van der Waals surface area contributed by atoms with Gasteiger partial charge in [-0.3, -0.25) is 0 Å². The Bertz CT molecular complexity index is 333. The molecule has 0 heterocycles. The largest absolute Gasteiger partial charge is 0.374 e. The summed E-state index contributed by atoms with van der Waals surface area (Å²) in [4.78, 5) is 2.38. The first kappa shape index (κ1) is 10.5. The molecule has 0 saturated heterocycles. The molecule has 0 bridgehead atoms. The fourth-order valence-corrected chi connectivity index (χ4v) is 3.57. The molecule has 2 heteroatoms. The molecular weight excluding hydrogens is 184 g/mol. The number of allylic oxidation sites excluding steroid dienone is 2. The van der Waals surface area contributed by atoms with Gasteiger partial charge in [-0.05, 0) is 39.2 Å². The molecule has 2 aliphatic carbocycles. The van der Waals surface area contributed by atoms with Crippen LogP contribution in [0.1, 0.15) is 40.0 Å². The molecular formula is C13H20N2. The molecule has 2 aliphatic rings. The third-order valence-corrected chi connectivity index (χ3v) is 4.26. The van der Waals surface area contributed by atoms with Gasteiger partial charge in [0.2, 0.25) is 0 Å². The van der Waals surface area contributed by atoms with Gasteiger partial charge in [0.15, 0.2) is 0 Å². The number of fused-ring (bicyclic) bond motifs is 1. The molecule has 82 valence electrons. The van der Waals surface area contributed by atoms with Crippen molar-refractivity contribution in [2.24, 2.45) is 11.3 Å². The van der Waals surface area contributed by atoms with E-state index >= 15 is 0 Å². The lowest BCUT2D eigenvalue weighted by atomic mass is 9.61. The second-order valence-corrected chi connectivity index (χ2v) is 4.73. The van der Waals surface area contributed by atoms with E-state index in [2.05, 4.69) is 31.7 Å². The molecule has 0 amide bonds. The van der Waals surface area contributed by atoms with Gasteiger partial charge in [0.05, 0.1) is 6.07 Å². The number of rotatable bonds is 3. The molecule has 1 saturated carbocycles. The maximum atomic E-state index is 9.46. The quantitative estimate of drug-likeness (QED) is 0.706. The van der Waals surface area contributed by atoms with Crippen LogP contribution in [0.25, 0.3) is 0 Å². The highest BCUT2D eigenvalue weighted by Crippen LogP contribution is 2.61. The Balaban J connectivity index is 2.36. The van der Waals surface area contributed by atoms with E-state index in [1.165, 1.54) is 24.1 Å². The molecule has 1 fully saturated rings. The molecule has 0 aromatic rings. The van der Waals surface area contributed by atoms with E-state index in [0.717, 1.165) is 19.5 Å². The van der Waals surface area contributed by atoms with Crippen LogP contribution in [0.15, 0.2) is 11.3 Å². The maximum Gasteiger partial charge on any atom is 0.103 e.